The topological polar surface area (TPSA) is 75.5 Å². The van der Waals surface area contributed by atoms with Gasteiger partial charge >= 0.3 is 6.18 Å². The minimum absolute atomic E-state index is 0.00578. The number of likely N-dealkylation sites (tertiary alicyclic amines) is 1. The molecule has 1 saturated heterocycles. The lowest BCUT2D eigenvalue weighted by atomic mass is 9.84. The first-order valence-corrected chi connectivity index (χ1v) is 14.5. The Morgan fingerprint density at radius 2 is 1.83 bits per heavy atom. The second kappa shape index (κ2) is 12.7. The predicted molar refractivity (Wildman–Crippen MR) is 152 cm³/mol. The van der Waals surface area contributed by atoms with Crippen molar-refractivity contribution in [2.45, 2.75) is 69.6 Å². The number of aromatic nitrogens is 3. The molecular weight excluding hydrogens is 533 g/mol. The Hall–Kier alpha value is -3.34. The summed E-state index contributed by atoms with van der Waals surface area (Å²) < 4.78 is 45.0. The van der Waals surface area contributed by atoms with Gasteiger partial charge in [0.1, 0.15) is 11.6 Å². The van der Waals surface area contributed by atoms with E-state index in [1.807, 2.05) is 35.0 Å². The van der Waals surface area contributed by atoms with Crippen LogP contribution in [0.5, 0.6) is 5.75 Å². The van der Waals surface area contributed by atoms with Gasteiger partial charge in [0.2, 0.25) is 11.9 Å². The van der Waals surface area contributed by atoms with Gasteiger partial charge in [0.25, 0.3) is 0 Å². The lowest BCUT2D eigenvalue weighted by molar-refractivity contribution is -0.138. The number of fused-ring (bicyclic) bond motifs is 1. The van der Waals surface area contributed by atoms with Crippen molar-refractivity contribution in [1.29, 1.82) is 0 Å². The summed E-state index contributed by atoms with van der Waals surface area (Å²) in [5, 5.41) is 4.27. The van der Waals surface area contributed by atoms with Crippen LogP contribution in [0.4, 0.5) is 19.1 Å². The molecule has 3 heterocycles. The molecular formula is C30H39F3N6O2. The van der Waals surface area contributed by atoms with E-state index in [-0.39, 0.29) is 25.0 Å². The van der Waals surface area contributed by atoms with Crippen molar-refractivity contribution in [3.05, 3.63) is 42.7 Å². The number of alkyl halides is 3. The first-order chi connectivity index (χ1) is 19.7. The first kappa shape index (κ1) is 29.2. The highest BCUT2D eigenvalue weighted by molar-refractivity contribution is 5.87. The molecule has 2 aliphatic rings. The third kappa shape index (κ3) is 7.30. The molecule has 11 heteroatoms. The van der Waals surface area contributed by atoms with Gasteiger partial charge in [-0.3, -0.25) is 4.79 Å². The van der Waals surface area contributed by atoms with Crippen LogP contribution in [0.1, 0.15) is 51.4 Å². The maximum absolute atomic E-state index is 13.1. The van der Waals surface area contributed by atoms with Crippen LogP contribution < -0.4 is 10.1 Å². The standard InChI is InChI=1S/C30H39F3N6O2/c1-37(2)23-12-17-38(18-13-23)28(40)21-7-9-22(10-8-21)35-29-34-16-11-27(36-29)39-19-14-24-25(39)5-3-6-26(24)41-20-4-15-30(31,32)33/h3,5-6,11,14,16,19,21-23H,4,7-10,12-13,15,17-18,20H2,1-2H3,(H,34,35,36)/t21-,22-. The summed E-state index contributed by atoms with van der Waals surface area (Å²) in [5.41, 5.74) is 0.844. The summed E-state index contributed by atoms with van der Waals surface area (Å²) in [4.78, 5) is 26.6. The molecule has 222 valence electrons. The Labute approximate surface area is 238 Å². The maximum atomic E-state index is 13.1. The number of hydrogen-bond acceptors (Lipinski definition) is 6. The number of benzene rings is 1. The molecule has 1 aromatic carbocycles. The molecule has 1 amide bonds. The van der Waals surface area contributed by atoms with Crippen molar-refractivity contribution >= 4 is 22.8 Å². The van der Waals surface area contributed by atoms with Gasteiger partial charge in [-0.2, -0.15) is 18.2 Å². The first-order valence-electron chi connectivity index (χ1n) is 14.5. The van der Waals surface area contributed by atoms with Crippen LogP contribution in [-0.2, 0) is 4.79 Å². The van der Waals surface area contributed by atoms with Gasteiger partial charge in [0, 0.05) is 55.3 Å². The fraction of sp³-hybridized carbons (Fsp3) is 0.567. The van der Waals surface area contributed by atoms with Gasteiger partial charge in [0.05, 0.1) is 12.1 Å². The minimum Gasteiger partial charge on any atom is -0.493 e. The van der Waals surface area contributed by atoms with Crippen molar-refractivity contribution in [2.75, 3.05) is 39.1 Å². The van der Waals surface area contributed by atoms with Gasteiger partial charge in [-0.05, 0) is 83.3 Å². The number of carbonyl (C=O) groups excluding carboxylic acids is 1. The van der Waals surface area contributed by atoms with E-state index in [1.165, 1.54) is 0 Å². The number of piperidine rings is 1. The molecule has 1 saturated carbocycles. The second-order valence-electron chi connectivity index (χ2n) is 11.4. The van der Waals surface area contributed by atoms with Crippen LogP contribution in [0.3, 0.4) is 0 Å². The van der Waals surface area contributed by atoms with E-state index in [9.17, 15) is 18.0 Å². The SMILES string of the molecule is CN(C)C1CCN(C(=O)[C@H]2CC[C@H](Nc3nccc(-n4ccc5c(OCCCC(F)(F)F)cccc54)n3)CC2)CC1. The monoisotopic (exact) mass is 572 g/mol. The van der Waals surface area contributed by atoms with Gasteiger partial charge in [0.15, 0.2) is 0 Å². The third-order valence-electron chi connectivity index (χ3n) is 8.36. The van der Waals surface area contributed by atoms with E-state index in [2.05, 4.69) is 34.2 Å². The Morgan fingerprint density at radius 1 is 1.07 bits per heavy atom. The van der Waals surface area contributed by atoms with Gasteiger partial charge in [-0.25, -0.2) is 4.98 Å². The van der Waals surface area contributed by atoms with Crippen molar-refractivity contribution in [2.24, 2.45) is 5.92 Å². The highest BCUT2D eigenvalue weighted by Crippen LogP contribution is 2.31. The zero-order valence-corrected chi connectivity index (χ0v) is 23.7. The summed E-state index contributed by atoms with van der Waals surface area (Å²) in [6.45, 7) is 1.69. The van der Waals surface area contributed by atoms with Crippen LogP contribution in [0.25, 0.3) is 16.7 Å². The molecule has 0 atom stereocenters. The van der Waals surface area contributed by atoms with Crippen LogP contribution in [0, 0.1) is 5.92 Å². The molecule has 0 radical (unpaired) electrons. The predicted octanol–water partition coefficient (Wildman–Crippen LogP) is 5.67. The van der Waals surface area contributed by atoms with Gasteiger partial charge in [-0.15, -0.1) is 0 Å². The molecule has 1 N–H and O–H groups in total. The fourth-order valence-electron chi connectivity index (χ4n) is 6.00. The van der Waals surface area contributed by atoms with Gasteiger partial charge in [-0.1, -0.05) is 6.07 Å². The largest absolute Gasteiger partial charge is 0.493 e. The second-order valence-corrected chi connectivity index (χ2v) is 11.4. The number of ether oxygens (including phenoxy) is 1. The molecule has 1 aliphatic heterocycles. The van der Waals surface area contributed by atoms with Crippen LogP contribution in [-0.4, -0.2) is 82.3 Å². The van der Waals surface area contributed by atoms with Crippen molar-refractivity contribution < 1.29 is 22.7 Å². The lowest BCUT2D eigenvalue weighted by Crippen LogP contribution is -2.47. The van der Waals surface area contributed by atoms with E-state index in [4.69, 9.17) is 9.72 Å². The molecule has 2 aromatic heterocycles. The fourth-order valence-corrected chi connectivity index (χ4v) is 6.00. The van der Waals surface area contributed by atoms with Crippen LogP contribution in [0.2, 0.25) is 0 Å². The molecule has 41 heavy (non-hydrogen) atoms. The molecule has 5 rings (SSSR count). The summed E-state index contributed by atoms with van der Waals surface area (Å²) in [6, 6.07) is 9.97. The molecule has 8 nitrogen and oxygen atoms in total. The smallest absolute Gasteiger partial charge is 0.389 e. The number of carbonyl (C=O) groups is 1. The van der Waals surface area contributed by atoms with Crippen molar-refractivity contribution in [3.8, 4) is 11.6 Å². The average molecular weight is 573 g/mol. The number of hydrogen-bond donors (Lipinski definition) is 1. The van der Waals surface area contributed by atoms with E-state index in [1.54, 1.807) is 12.3 Å². The molecule has 0 unspecified atom stereocenters. The Balaban J connectivity index is 1.16. The average Bonchev–Trinajstić information content (AvgIpc) is 3.40. The summed E-state index contributed by atoms with van der Waals surface area (Å²) in [7, 11) is 4.22. The Kier molecular flexibility index (Phi) is 9.01. The number of nitrogens with zero attached hydrogens (tertiary/aromatic N) is 5. The van der Waals surface area contributed by atoms with Gasteiger partial charge < -0.3 is 24.4 Å². The quantitative estimate of drug-likeness (QED) is 0.334. The number of halogens is 3. The number of anilines is 1. The molecule has 0 bridgehead atoms. The number of rotatable bonds is 9. The Morgan fingerprint density at radius 3 is 2.54 bits per heavy atom. The minimum atomic E-state index is -4.18. The molecule has 0 spiro atoms. The Bertz CT molecular complexity index is 1310. The van der Waals surface area contributed by atoms with E-state index in [0.29, 0.717) is 29.5 Å². The zero-order valence-electron chi connectivity index (χ0n) is 23.7. The summed E-state index contributed by atoms with van der Waals surface area (Å²) in [5.74, 6) is 2.15. The zero-order chi connectivity index (χ0) is 29.0. The van der Waals surface area contributed by atoms with Crippen LogP contribution >= 0.6 is 0 Å². The molecule has 1 aliphatic carbocycles. The highest BCUT2D eigenvalue weighted by Gasteiger charge is 2.32. The third-order valence-corrected chi connectivity index (χ3v) is 8.36. The normalized spacial score (nSPS) is 20.5. The number of nitrogens with one attached hydrogen (secondary N) is 1. The maximum Gasteiger partial charge on any atom is 0.389 e. The lowest BCUT2D eigenvalue weighted by Gasteiger charge is -2.38. The van der Waals surface area contributed by atoms with E-state index >= 15 is 0 Å². The van der Waals surface area contributed by atoms with E-state index < -0.39 is 12.6 Å². The number of amides is 1. The van der Waals surface area contributed by atoms with Crippen molar-refractivity contribution in [1.82, 2.24) is 24.3 Å². The molecule has 2 fully saturated rings. The highest BCUT2D eigenvalue weighted by atomic mass is 19.4. The molecule has 3 aromatic rings. The van der Waals surface area contributed by atoms with E-state index in [0.717, 1.165) is 62.5 Å². The summed E-state index contributed by atoms with van der Waals surface area (Å²) >= 11 is 0. The van der Waals surface area contributed by atoms with Crippen LogP contribution in [0.15, 0.2) is 42.7 Å². The van der Waals surface area contributed by atoms with Crippen molar-refractivity contribution in [3.63, 3.8) is 0 Å². The summed E-state index contributed by atoms with van der Waals surface area (Å²) in [6.07, 6.45) is 4.01.